The summed E-state index contributed by atoms with van der Waals surface area (Å²) in [4.78, 5) is 25.3. The van der Waals surface area contributed by atoms with Crippen LogP contribution in [-0.4, -0.2) is 50.2 Å². The molecule has 128 valence electrons. The predicted octanol–water partition coefficient (Wildman–Crippen LogP) is 2.77. The van der Waals surface area contributed by atoms with E-state index in [4.69, 9.17) is 25.8 Å². The maximum Gasteiger partial charge on any atom is 0.339 e. The number of hydrogen-bond donors (Lipinski definition) is 0. The van der Waals surface area contributed by atoms with Gasteiger partial charge in [0.15, 0.2) is 17.6 Å². The number of esters is 1. The molecule has 0 heterocycles. The van der Waals surface area contributed by atoms with Gasteiger partial charge < -0.3 is 19.1 Å². The van der Waals surface area contributed by atoms with Crippen molar-refractivity contribution in [3.05, 3.63) is 22.7 Å². The minimum atomic E-state index is -0.895. The summed E-state index contributed by atoms with van der Waals surface area (Å²) in [5.74, 6) is -0.289. The van der Waals surface area contributed by atoms with Gasteiger partial charge in [0.05, 0.1) is 23.8 Å². The summed E-state index contributed by atoms with van der Waals surface area (Å²) in [6.45, 7) is 5.22. The zero-order valence-electron chi connectivity index (χ0n) is 14.2. The van der Waals surface area contributed by atoms with Gasteiger partial charge in [0.2, 0.25) is 0 Å². The Kier molecular flexibility index (Phi) is 6.69. The van der Waals surface area contributed by atoms with Gasteiger partial charge in [0.1, 0.15) is 0 Å². The maximum absolute atomic E-state index is 12.2. The van der Waals surface area contributed by atoms with E-state index in [1.54, 1.807) is 14.1 Å². The average Bonchev–Trinajstić information content (AvgIpc) is 2.47. The van der Waals surface area contributed by atoms with Crippen LogP contribution in [0.2, 0.25) is 5.02 Å². The fourth-order valence-corrected chi connectivity index (χ4v) is 2.09. The van der Waals surface area contributed by atoms with Gasteiger partial charge in [-0.15, -0.1) is 0 Å². The van der Waals surface area contributed by atoms with E-state index in [9.17, 15) is 9.59 Å². The zero-order chi connectivity index (χ0) is 17.7. The third-order valence-corrected chi connectivity index (χ3v) is 3.17. The third-order valence-electron chi connectivity index (χ3n) is 2.89. The molecule has 0 bridgehead atoms. The van der Waals surface area contributed by atoms with Crippen molar-refractivity contribution >= 4 is 23.5 Å². The molecule has 1 rings (SSSR count). The van der Waals surface area contributed by atoms with Crippen molar-refractivity contribution in [1.29, 1.82) is 0 Å². The first-order valence-electron chi connectivity index (χ1n) is 7.13. The summed E-state index contributed by atoms with van der Waals surface area (Å²) in [7, 11) is 4.63. The number of carbonyl (C=O) groups excluding carboxylic acids is 2. The molecule has 0 radical (unpaired) electrons. The Labute approximate surface area is 141 Å². The fraction of sp³-hybridized carbons (Fsp3) is 0.500. The van der Waals surface area contributed by atoms with Crippen LogP contribution in [0.4, 0.5) is 0 Å². The van der Waals surface area contributed by atoms with Crippen LogP contribution in [0, 0.1) is 0 Å². The first-order chi connectivity index (χ1) is 10.7. The Balaban J connectivity index is 3.02. The summed E-state index contributed by atoms with van der Waals surface area (Å²) in [6, 6.07) is 2.90. The molecule has 1 amide bonds. The van der Waals surface area contributed by atoms with Gasteiger partial charge in [-0.05, 0) is 32.9 Å². The SMILES string of the molecule is COc1cc(C(=O)O[C@H](C)C(=O)N(C)C)cc(Cl)c1OC(C)C. The topological polar surface area (TPSA) is 65.1 Å². The van der Waals surface area contributed by atoms with E-state index < -0.39 is 12.1 Å². The smallest absolute Gasteiger partial charge is 0.339 e. The molecule has 0 saturated heterocycles. The summed E-state index contributed by atoms with van der Waals surface area (Å²) in [5, 5.41) is 0.233. The van der Waals surface area contributed by atoms with Gasteiger partial charge in [0.25, 0.3) is 5.91 Å². The van der Waals surface area contributed by atoms with Crippen LogP contribution in [0.1, 0.15) is 31.1 Å². The summed E-state index contributed by atoms with van der Waals surface area (Å²) >= 11 is 6.16. The highest BCUT2D eigenvalue weighted by Crippen LogP contribution is 2.37. The lowest BCUT2D eigenvalue weighted by Gasteiger charge is -2.18. The molecule has 0 fully saturated rings. The van der Waals surface area contributed by atoms with Gasteiger partial charge in [-0.3, -0.25) is 4.79 Å². The summed E-state index contributed by atoms with van der Waals surface area (Å²) in [6.07, 6.45) is -0.995. The van der Waals surface area contributed by atoms with E-state index in [1.165, 1.54) is 31.1 Å². The molecule has 0 aliphatic carbocycles. The number of methoxy groups -OCH3 is 1. The lowest BCUT2D eigenvalue weighted by molar-refractivity contribution is -0.137. The highest BCUT2D eigenvalue weighted by Gasteiger charge is 2.23. The van der Waals surface area contributed by atoms with Gasteiger partial charge in [0, 0.05) is 14.1 Å². The van der Waals surface area contributed by atoms with Gasteiger partial charge in [-0.25, -0.2) is 4.79 Å². The van der Waals surface area contributed by atoms with Gasteiger partial charge in [-0.2, -0.15) is 0 Å². The second-order valence-corrected chi connectivity index (χ2v) is 5.84. The van der Waals surface area contributed by atoms with Crippen molar-refractivity contribution < 1.29 is 23.8 Å². The van der Waals surface area contributed by atoms with E-state index in [0.717, 1.165) is 0 Å². The van der Waals surface area contributed by atoms with Crippen molar-refractivity contribution in [1.82, 2.24) is 4.90 Å². The molecule has 0 N–H and O–H groups in total. The number of amides is 1. The molecule has 0 aliphatic rings. The van der Waals surface area contributed by atoms with Crippen LogP contribution in [0.25, 0.3) is 0 Å². The van der Waals surface area contributed by atoms with E-state index in [1.807, 2.05) is 13.8 Å². The molecule has 7 heteroatoms. The Morgan fingerprint density at radius 3 is 2.26 bits per heavy atom. The number of halogens is 1. The maximum atomic E-state index is 12.2. The number of carbonyl (C=O) groups is 2. The monoisotopic (exact) mass is 343 g/mol. The number of benzene rings is 1. The second-order valence-electron chi connectivity index (χ2n) is 5.44. The predicted molar refractivity (Wildman–Crippen MR) is 87.3 cm³/mol. The standard InChI is InChI=1S/C16H22ClNO5/c1-9(2)22-14-12(17)7-11(8-13(14)21-6)16(20)23-10(3)15(19)18(4)5/h7-10H,1-6H3/t10-/m1/s1. The van der Waals surface area contributed by atoms with E-state index in [-0.39, 0.29) is 22.6 Å². The molecule has 0 aromatic heterocycles. The number of rotatable bonds is 6. The minimum absolute atomic E-state index is 0.100. The molecule has 0 saturated carbocycles. The van der Waals surface area contributed by atoms with Crippen LogP contribution in [-0.2, 0) is 9.53 Å². The second kappa shape index (κ2) is 8.06. The molecule has 0 spiro atoms. The van der Waals surface area contributed by atoms with Crippen LogP contribution >= 0.6 is 11.6 Å². The quantitative estimate of drug-likeness (QED) is 0.743. The summed E-state index contributed by atoms with van der Waals surface area (Å²) < 4.78 is 15.9. The zero-order valence-corrected chi connectivity index (χ0v) is 14.9. The number of likely N-dealkylation sites (N-methyl/N-ethyl adjacent to an activating group) is 1. The molecule has 1 aromatic rings. The highest BCUT2D eigenvalue weighted by molar-refractivity contribution is 6.32. The van der Waals surface area contributed by atoms with E-state index in [0.29, 0.717) is 11.5 Å². The molecule has 6 nitrogen and oxygen atoms in total. The van der Waals surface area contributed by atoms with Crippen LogP contribution in [0.3, 0.4) is 0 Å². The highest BCUT2D eigenvalue weighted by atomic mass is 35.5. The van der Waals surface area contributed by atoms with Crippen molar-refractivity contribution in [2.45, 2.75) is 33.0 Å². The summed E-state index contributed by atoms with van der Waals surface area (Å²) in [5.41, 5.74) is 0.182. The molecule has 1 aromatic carbocycles. The largest absolute Gasteiger partial charge is 0.493 e. The van der Waals surface area contributed by atoms with Crippen LogP contribution in [0.5, 0.6) is 11.5 Å². The lowest BCUT2D eigenvalue weighted by Crippen LogP contribution is -2.34. The number of hydrogen-bond acceptors (Lipinski definition) is 5. The van der Waals surface area contributed by atoms with E-state index >= 15 is 0 Å². The third kappa shape index (κ3) is 5.03. The van der Waals surface area contributed by atoms with Gasteiger partial charge in [-0.1, -0.05) is 11.6 Å². The molecule has 0 unspecified atom stereocenters. The molecule has 0 aliphatic heterocycles. The fourth-order valence-electron chi connectivity index (χ4n) is 1.83. The number of ether oxygens (including phenoxy) is 3. The average molecular weight is 344 g/mol. The Morgan fingerprint density at radius 1 is 1.17 bits per heavy atom. The normalized spacial score (nSPS) is 11.8. The lowest BCUT2D eigenvalue weighted by atomic mass is 10.2. The Bertz CT molecular complexity index is 586. The molecular weight excluding hydrogens is 322 g/mol. The Morgan fingerprint density at radius 2 is 1.78 bits per heavy atom. The first-order valence-corrected chi connectivity index (χ1v) is 7.51. The van der Waals surface area contributed by atoms with Crippen LogP contribution < -0.4 is 9.47 Å². The first kappa shape index (κ1) is 19.1. The van der Waals surface area contributed by atoms with Crippen LogP contribution in [0.15, 0.2) is 12.1 Å². The molecule has 23 heavy (non-hydrogen) atoms. The van der Waals surface area contributed by atoms with Crippen molar-refractivity contribution in [3.63, 3.8) is 0 Å². The number of nitrogens with zero attached hydrogens (tertiary/aromatic N) is 1. The minimum Gasteiger partial charge on any atom is -0.493 e. The van der Waals surface area contributed by atoms with Gasteiger partial charge >= 0.3 is 5.97 Å². The Hall–Kier alpha value is -1.95. The molecular formula is C16H22ClNO5. The molecule has 1 atom stereocenters. The van der Waals surface area contributed by atoms with Crippen molar-refractivity contribution in [3.8, 4) is 11.5 Å². The van der Waals surface area contributed by atoms with Crippen molar-refractivity contribution in [2.24, 2.45) is 0 Å². The van der Waals surface area contributed by atoms with E-state index in [2.05, 4.69) is 0 Å². The van der Waals surface area contributed by atoms with Crippen molar-refractivity contribution in [2.75, 3.05) is 21.2 Å².